The molecule has 4 saturated heterocycles. The van der Waals surface area contributed by atoms with Gasteiger partial charge in [-0.05, 0) is 116 Å². The molecule has 5 aliphatic carbocycles. The molecule has 0 aromatic carbocycles. The first-order valence-corrected chi connectivity index (χ1v) is 26.5. The zero-order valence-corrected chi connectivity index (χ0v) is 43.1. The van der Waals surface area contributed by atoms with E-state index >= 15 is 0 Å². The van der Waals surface area contributed by atoms with Crippen molar-refractivity contribution in [1.29, 1.82) is 0 Å². The maximum atomic E-state index is 13.2. The Morgan fingerprint density at radius 2 is 1.29 bits per heavy atom. The Kier molecular flexibility index (Phi) is 15.2. The molecule has 4 saturated carbocycles. The Labute approximate surface area is 421 Å². The summed E-state index contributed by atoms with van der Waals surface area (Å²) in [6.07, 6.45) is -17.9. The van der Waals surface area contributed by atoms with Crippen LogP contribution in [0.1, 0.15) is 120 Å². The number of aliphatic hydroxyl groups is 10. The van der Waals surface area contributed by atoms with Crippen LogP contribution in [0.25, 0.3) is 0 Å². The van der Waals surface area contributed by atoms with Crippen LogP contribution in [-0.4, -0.2) is 199 Å². The van der Waals surface area contributed by atoms with Crippen molar-refractivity contribution in [3.8, 4) is 0 Å². The largest absolute Gasteiger partial charge is 0.481 e. The van der Waals surface area contributed by atoms with Crippen molar-refractivity contribution in [3.05, 3.63) is 11.6 Å². The van der Waals surface area contributed by atoms with Gasteiger partial charge in [0, 0.05) is 0 Å². The minimum atomic E-state index is -1.82. The van der Waals surface area contributed by atoms with Gasteiger partial charge in [0.15, 0.2) is 25.2 Å². The molecular weight excluding hydrogens is 945 g/mol. The van der Waals surface area contributed by atoms with Crippen LogP contribution >= 0.6 is 0 Å². The van der Waals surface area contributed by atoms with Crippen LogP contribution in [-0.2, 0) is 42.7 Å². The molecule has 0 spiro atoms. The Balaban J connectivity index is 0.969. The average molecular weight is 1030 g/mol. The van der Waals surface area contributed by atoms with Crippen molar-refractivity contribution in [1.82, 2.24) is 0 Å². The normalized spacial score (nSPS) is 54.3. The van der Waals surface area contributed by atoms with Crippen LogP contribution in [0.3, 0.4) is 0 Å². The predicted molar refractivity (Wildman–Crippen MR) is 250 cm³/mol. The van der Waals surface area contributed by atoms with Crippen LogP contribution in [0.2, 0.25) is 0 Å². The smallest absolute Gasteiger partial charge is 0.310 e. The number of aliphatic hydroxyl groups excluding tert-OH is 10. The monoisotopic (exact) mass is 1030 g/mol. The second-order valence-electron chi connectivity index (χ2n) is 25.4. The van der Waals surface area contributed by atoms with E-state index in [1.807, 2.05) is 0 Å². The summed E-state index contributed by atoms with van der Waals surface area (Å²) in [4.78, 5) is 13.2. The van der Waals surface area contributed by atoms with Crippen molar-refractivity contribution in [2.45, 2.75) is 236 Å². The minimum Gasteiger partial charge on any atom is -0.481 e. The van der Waals surface area contributed by atoms with Gasteiger partial charge in [-0.15, -0.1) is 0 Å². The van der Waals surface area contributed by atoms with Crippen LogP contribution in [0.4, 0.5) is 0 Å². The lowest BCUT2D eigenvalue weighted by atomic mass is 9.33. The molecular formula is C52H84O20. The first kappa shape index (κ1) is 55.3. The third kappa shape index (κ3) is 8.87. The van der Waals surface area contributed by atoms with Crippen molar-refractivity contribution < 1.29 is 98.9 Å². The number of aliphatic carboxylic acids is 1. The van der Waals surface area contributed by atoms with E-state index in [0.29, 0.717) is 25.2 Å². The number of carboxylic acid groups (broad SMARTS) is 1. The highest BCUT2D eigenvalue weighted by atomic mass is 16.8. The Morgan fingerprint density at radius 1 is 0.639 bits per heavy atom. The molecule has 0 bridgehead atoms. The second kappa shape index (κ2) is 19.7. The summed E-state index contributed by atoms with van der Waals surface area (Å²) in [5, 5.41) is 119. The number of allylic oxidation sites excluding steroid dienone is 2. The summed E-state index contributed by atoms with van der Waals surface area (Å²) < 4.78 is 48.7. The minimum absolute atomic E-state index is 0.000712. The number of rotatable bonds is 10. The van der Waals surface area contributed by atoms with Gasteiger partial charge in [-0.1, -0.05) is 60.1 Å². The summed E-state index contributed by atoms with van der Waals surface area (Å²) in [6.45, 7) is 16.3. The maximum Gasteiger partial charge on any atom is 0.310 e. The lowest BCUT2D eigenvalue weighted by Gasteiger charge is -2.71. The molecule has 9 rings (SSSR count). The topological polar surface area (TPSA) is 313 Å². The SMILES string of the molecule is C[C@@H]1O[C@@H](O[C@H]2C(O[C@H]3CC[C@]4(C)[C@H]5CC=C6[C@@H]7CC(C)(C)CC[C@]7(C(=O)O)CC[C@@]6(C)[C@]5(C)CC[C@H]4C3(C)C)OC[C@H](O[C@@H]3O[C@H](CO)[C@@H](O)[C@H](O)[C@H]3O)[C@@H]2O)[C@H](O)[C@H](O[C@@H]2OC[C@@H](O)[C@H](O)[C@H]2O)[C@H]1O. The number of carboxylic acids is 1. The highest BCUT2D eigenvalue weighted by Gasteiger charge is 2.70. The first-order valence-electron chi connectivity index (χ1n) is 26.5. The van der Waals surface area contributed by atoms with Crippen molar-refractivity contribution in [2.24, 2.45) is 50.2 Å². The third-order valence-corrected chi connectivity index (χ3v) is 20.7. The third-order valence-electron chi connectivity index (χ3n) is 20.7. The summed E-state index contributed by atoms with van der Waals surface area (Å²) >= 11 is 0. The summed E-state index contributed by atoms with van der Waals surface area (Å²) in [5.74, 6) is -0.177. The van der Waals surface area contributed by atoms with E-state index < -0.39 is 147 Å². The zero-order valence-electron chi connectivity index (χ0n) is 43.1. The highest BCUT2D eigenvalue weighted by Crippen LogP contribution is 2.76. The lowest BCUT2D eigenvalue weighted by Crippen LogP contribution is -2.67. The molecule has 20 nitrogen and oxygen atoms in total. The Morgan fingerprint density at radius 3 is 1.99 bits per heavy atom. The van der Waals surface area contributed by atoms with Crippen LogP contribution in [0.15, 0.2) is 11.6 Å². The van der Waals surface area contributed by atoms with Crippen LogP contribution < -0.4 is 0 Å². The van der Waals surface area contributed by atoms with Crippen molar-refractivity contribution in [2.75, 3.05) is 19.8 Å². The molecule has 412 valence electrons. The van der Waals surface area contributed by atoms with E-state index in [9.17, 15) is 61.0 Å². The zero-order chi connectivity index (χ0) is 52.4. The molecule has 26 atom stereocenters. The first-order chi connectivity index (χ1) is 33.7. The molecule has 0 aromatic rings. The van der Waals surface area contributed by atoms with E-state index in [-0.39, 0.29) is 40.1 Å². The van der Waals surface area contributed by atoms with Gasteiger partial charge in [-0.25, -0.2) is 0 Å². The predicted octanol–water partition coefficient (Wildman–Crippen LogP) is 0.836. The molecule has 72 heavy (non-hydrogen) atoms. The number of ether oxygens (including phenoxy) is 8. The highest BCUT2D eigenvalue weighted by molar-refractivity contribution is 5.76. The van der Waals surface area contributed by atoms with Gasteiger partial charge in [-0.3, -0.25) is 4.79 Å². The molecule has 4 aliphatic heterocycles. The Hall–Kier alpha value is -1.51. The molecule has 11 N–H and O–H groups in total. The van der Waals surface area contributed by atoms with E-state index in [4.69, 9.17) is 37.9 Å². The molecule has 0 radical (unpaired) electrons. The molecule has 9 aliphatic rings. The number of fused-ring (bicyclic) bond motifs is 7. The molecule has 4 heterocycles. The molecule has 0 amide bonds. The fraction of sp³-hybridized carbons (Fsp3) is 0.942. The maximum absolute atomic E-state index is 13.2. The van der Waals surface area contributed by atoms with Crippen LogP contribution in [0.5, 0.6) is 0 Å². The van der Waals surface area contributed by atoms with Gasteiger partial charge < -0.3 is 94.1 Å². The van der Waals surface area contributed by atoms with E-state index in [1.165, 1.54) is 12.5 Å². The van der Waals surface area contributed by atoms with Gasteiger partial charge in [-0.2, -0.15) is 0 Å². The number of carbonyl (C=O) groups is 1. The van der Waals surface area contributed by atoms with Crippen molar-refractivity contribution in [3.63, 3.8) is 0 Å². The number of hydrogen-bond donors (Lipinski definition) is 11. The fourth-order valence-corrected chi connectivity index (χ4v) is 16.0. The quantitative estimate of drug-likeness (QED) is 0.107. The molecule has 20 heteroatoms. The van der Waals surface area contributed by atoms with Gasteiger partial charge in [0.1, 0.15) is 79.4 Å². The second-order valence-corrected chi connectivity index (χ2v) is 25.4. The molecule has 1 unspecified atom stereocenters. The van der Waals surface area contributed by atoms with Crippen LogP contribution in [0, 0.1) is 50.2 Å². The summed E-state index contributed by atoms with van der Waals surface area (Å²) in [6, 6.07) is 0. The van der Waals surface area contributed by atoms with E-state index in [0.717, 1.165) is 44.9 Å². The van der Waals surface area contributed by atoms with E-state index in [2.05, 4.69) is 54.5 Å². The van der Waals surface area contributed by atoms with Gasteiger partial charge in [0.25, 0.3) is 0 Å². The fourth-order valence-electron chi connectivity index (χ4n) is 16.0. The lowest BCUT2D eigenvalue weighted by molar-refractivity contribution is -0.388. The standard InChI is InChI=1S/C52H84O20/c1-23-32(55)40(71-42-37(60)33(56)26(54)21-65-42)39(62)44(67-23)72-41-35(58)28(69-43-38(61)36(59)34(57)27(20-53)68-43)22-66-45(41)70-31-12-13-49(6)29(48(31,4)5)11-14-51(8)30(49)10-9-24-25-19-47(2,3)15-17-52(25,46(63)64)18-16-50(24,51)7/h9,23,25-45,53-62H,10-22H2,1-8H3,(H,63,64)/t23-,25-,26+,27+,28-,29-,30+,31-,32-,33-,34+,35-,36-,37+,38+,39+,40+,41+,42-,43-,44-,45?,49-,50+,51+,52-/m0/s1. The van der Waals surface area contributed by atoms with Gasteiger partial charge in [0.2, 0.25) is 0 Å². The van der Waals surface area contributed by atoms with Gasteiger partial charge in [0.05, 0.1) is 37.4 Å². The Bertz CT molecular complexity index is 1990. The van der Waals surface area contributed by atoms with E-state index in [1.54, 1.807) is 0 Å². The number of hydrogen-bond acceptors (Lipinski definition) is 19. The summed E-state index contributed by atoms with van der Waals surface area (Å²) in [7, 11) is 0. The molecule has 0 aromatic heterocycles. The molecule has 8 fully saturated rings. The summed E-state index contributed by atoms with van der Waals surface area (Å²) in [5.41, 5.74) is -0.167. The van der Waals surface area contributed by atoms with Gasteiger partial charge >= 0.3 is 5.97 Å². The van der Waals surface area contributed by atoms with Crippen molar-refractivity contribution >= 4 is 5.97 Å². The average Bonchev–Trinajstić information content (AvgIpc) is 3.32.